The summed E-state index contributed by atoms with van der Waals surface area (Å²) in [6.07, 6.45) is 10.2. The number of hydrogen-bond acceptors (Lipinski definition) is 4. The van der Waals surface area contributed by atoms with Crippen molar-refractivity contribution in [3.05, 3.63) is 12.3 Å². The van der Waals surface area contributed by atoms with Gasteiger partial charge in [0.05, 0.1) is 0 Å². The maximum absolute atomic E-state index is 4.57. The predicted molar refractivity (Wildman–Crippen MR) is 82.1 cm³/mol. The van der Waals surface area contributed by atoms with Crippen LogP contribution in [0.5, 0.6) is 0 Å². The Morgan fingerprint density at radius 1 is 1.16 bits per heavy atom. The van der Waals surface area contributed by atoms with Crippen molar-refractivity contribution in [3.8, 4) is 0 Å². The predicted octanol–water partition coefficient (Wildman–Crippen LogP) is 0.321. The quantitative estimate of drug-likeness (QED) is 0.683. The molecule has 0 aromatic carbocycles. The van der Waals surface area contributed by atoms with Crippen molar-refractivity contribution in [2.75, 3.05) is 33.2 Å². The summed E-state index contributed by atoms with van der Waals surface area (Å²) >= 11 is 1.67. The Kier molecular flexibility index (Phi) is 4.30. The second kappa shape index (κ2) is 5.99. The molecule has 2 unspecified atom stereocenters. The summed E-state index contributed by atoms with van der Waals surface area (Å²) in [5.74, 6) is 0. The van der Waals surface area contributed by atoms with Gasteiger partial charge in [-0.3, -0.25) is 0 Å². The number of likely N-dealkylation sites (N-methyl/N-ethyl adjacent to an activating group) is 1. The Morgan fingerprint density at radius 2 is 1.84 bits per heavy atom. The van der Waals surface area contributed by atoms with Gasteiger partial charge in [0.1, 0.15) is 0 Å². The van der Waals surface area contributed by atoms with E-state index in [1.54, 1.807) is 16.9 Å². The van der Waals surface area contributed by atoms with Crippen molar-refractivity contribution in [2.24, 2.45) is 4.99 Å². The second-order valence-electron chi connectivity index (χ2n) is 5.93. The van der Waals surface area contributed by atoms with Gasteiger partial charge in [-0.15, -0.1) is 0 Å². The van der Waals surface area contributed by atoms with Crippen LogP contribution in [0, 0.1) is 0 Å². The molecule has 2 atom stereocenters. The first-order valence-electron chi connectivity index (χ1n) is 7.46. The van der Waals surface area contributed by atoms with Gasteiger partial charge in [0, 0.05) is 0 Å². The van der Waals surface area contributed by atoms with Crippen LogP contribution in [0.25, 0.3) is 0 Å². The van der Waals surface area contributed by atoms with Crippen LogP contribution in [0.2, 0.25) is 0 Å². The Bertz CT molecular complexity index is 368. The zero-order valence-electron chi connectivity index (χ0n) is 11.8. The monoisotopic (exact) mass is 324 g/mol. The third-order valence-corrected chi connectivity index (χ3v) is 5.58. The standard InChI is InChI=1S/C14H25AsN4/c1-17-8-10-18(11-9-17)13-6-7-16-14(15)19(13)12-4-2-3-5-12/h6-7,12-13H,2-5,8-11,15H2,1H3. The first kappa shape index (κ1) is 13.7. The number of nitrogens with zero attached hydrogens (tertiary/aromatic N) is 4. The van der Waals surface area contributed by atoms with E-state index in [2.05, 4.69) is 32.8 Å². The van der Waals surface area contributed by atoms with E-state index in [0.717, 1.165) is 6.04 Å². The van der Waals surface area contributed by atoms with Gasteiger partial charge in [-0.1, -0.05) is 0 Å². The van der Waals surface area contributed by atoms with Crippen molar-refractivity contribution >= 4 is 21.5 Å². The summed E-state index contributed by atoms with van der Waals surface area (Å²) in [6, 6.07) is 0.722. The van der Waals surface area contributed by atoms with Crippen LogP contribution in [0.3, 0.4) is 0 Å². The molecule has 5 heteroatoms. The zero-order valence-corrected chi connectivity index (χ0v) is 14.3. The Labute approximate surface area is 125 Å². The molecule has 1 aliphatic carbocycles. The van der Waals surface area contributed by atoms with Gasteiger partial charge in [0.25, 0.3) is 0 Å². The van der Waals surface area contributed by atoms with Gasteiger partial charge in [0.15, 0.2) is 0 Å². The molecule has 0 aromatic rings. The molecule has 3 aliphatic rings. The Balaban J connectivity index is 1.74. The fourth-order valence-electron chi connectivity index (χ4n) is 3.46. The molecule has 19 heavy (non-hydrogen) atoms. The molecular weight excluding hydrogens is 299 g/mol. The van der Waals surface area contributed by atoms with E-state index in [1.807, 2.05) is 6.20 Å². The van der Waals surface area contributed by atoms with Crippen molar-refractivity contribution in [1.29, 1.82) is 0 Å². The summed E-state index contributed by atoms with van der Waals surface area (Å²) in [5.41, 5.74) is 0. The fraction of sp³-hybridized carbons (Fsp3) is 0.786. The fourth-order valence-corrected chi connectivity index (χ4v) is 4.40. The summed E-state index contributed by atoms with van der Waals surface area (Å²) in [6.45, 7) is 4.72. The van der Waals surface area contributed by atoms with Gasteiger partial charge in [-0.2, -0.15) is 0 Å². The van der Waals surface area contributed by atoms with Crippen LogP contribution in [0.15, 0.2) is 17.3 Å². The Morgan fingerprint density at radius 3 is 2.53 bits per heavy atom. The molecule has 0 aromatic heterocycles. The Hall–Kier alpha value is -0.312. The van der Waals surface area contributed by atoms with Crippen molar-refractivity contribution in [2.45, 2.75) is 37.9 Å². The number of aliphatic imine (C=N–C) groups is 1. The van der Waals surface area contributed by atoms with E-state index < -0.39 is 0 Å². The molecule has 0 N–H and O–H groups in total. The number of amidine groups is 1. The first-order valence-corrected chi connectivity index (χ1v) is 8.68. The van der Waals surface area contributed by atoms with Gasteiger partial charge in [-0.25, -0.2) is 0 Å². The van der Waals surface area contributed by atoms with Crippen LogP contribution >= 0.6 is 0 Å². The third kappa shape index (κ3) is 2.91. The molecule has 2 fully saturated rings. The first-order chi connectivity index (χ1) is 9.25. The van der Waals surface area contributed by atoms with Crippen LogP contribution < -0.4 is 0 Å². The number of rotatable bonds is 2. The normalized spacial score (nSPS) is 30.9. The van der Waals surface area contributed by atoms with Crippen LogP contribution in [-0.4, -0.2) is 81.6 Å². The number of hydrogen-bond donors (Lipinski definition) is 0. The molecule has 0 amide bonds. The van der Waals surface area contributed by atoms with E-state index in [1.165, 1.54) is 56.5 Å². The van der Waals surface area contributed by atoms with Gasteiger partial charge < -0.3 is 0 Å². The van der Waals surface area contributed by atoms with E-state index in [-0.39, 0.29) is 0 Å². The molecule has 4 nitrogen and oxygen atoms in total. The van der Waals surface area contributed by atoms with Gasteiger partial charge >= 0.3 is 125 Å². The minimum atomic E-state index is 0.455. The van der Waals surface area contributed by atoms with Crippen molar-refractivity contribution in [3.63, 3.8) is 0 Å². The molecule has 1 saturated heterocycles. The molecule has 0 bridgehead atoms. The van der Waals surface area contributed by atoms with Crippen LogP contribution in [0.4, 0.5) is 0 Å². The average molecular weight is 324 g/mol. The molecular formula is C14H25AsN4. The van der Waals surface area contributed by atoms with Crippen LogP contribution in [0.1, 0.15) is 25.7 Å². The SMILES string of the molecule is CN1CCN(C2C=CN=C([AsH2])N2C2CCCC2)CC1. The summed E-state index contributed by atoms with van der Waals surface area (Å²) in [7, 11) is 2.22. The molecule has 2 heterocycles. The molecule has 2 aliphatic heterocycles. The maximum atomic E-state index is 4.57. The minimum absolute atomic E-state index is 0.455. The van der Waals surface area contributed by atoms with E-state index in [4.69, 9.17) is 0 Å². The molecule has 1 saturated carbocycles. The average Bonchev–Trinajstić information content (AvgIpc) is 2.93. The second-order valence-corrected chi connectivity index (χ2v) is 7.01. The topological polar surface area (TPSA) is 22.1 Å². The van der Waals surface area contributed by atoms with E-state index in [0.29, 0.717) is 6.17 Å². The van der Waals surface area contributed by atoms with E-state index >= 15 is 0 Å². The summed E-state index contributed by atoms with van der Waals surface area (Å²) in [4.78, 5) is 12.2. The third-order valence-electron chi connectivity index (χ3n) is 4.64. The van der Waals surface area contributed by atoms with Crippen molar-refractivity contribution < 1.29 is 0 Å². The summed E-state index contributed by atoms with van der Waals surface area (Å²) in [5, 5.41) is 0. The zero-order chi connectivity index (χ0) is 13.2. The molecule has 106 valence electrons. The van der Waals surface area contributed by atoms with Gasteiger partial charge in [-0.05, 0) is 0 Å². The van der Waals surface area contributed by atoms with Crippen LogP contribution in [-0.2, 0) is 0 Å². The summed E-state index contributed by atoms with van der Waals surface area (Å²) < 4.78 is 1.27. The van der Waals surface area contributed by atoms with E-state index in [9.17, 15) is 0 Å². The van der Waals surface area contributed by atoms with Gasteiger partial charge in [0.2, 0.25) is 0 Å². The number of piperazine rings is 1. The molecule has 0 spiro atoms. The molecule has 0 radical (unpaired) electrons. The van der Waals surface area contributed by atoms with Crippen molar-refractivity contribution in [1.82, 2.24) is 14.7 Å². The molecule has 3 rings (SSSR count).